The molecule has 0 bridgehead atoms. The van der Waals surface area contributed by atoms with Gasteiger partial charge >= 0.3 is 0 Å². The van der Waals surface area contributed by atoms with Crippen molar-refractivity contribution < 1.29 is 9.53 Å². The first-order valence-corrected chi connectivity index (χ1v) is 7.94. The van der Waals surface area contributed by atoms with Gasteiger partial charge in [0, 0.05) is 18.1 Å². The number of rotatable bonds is 6. The molecule has 23 heavy (non-hydrogen) atoms. The number of methoxy groups -OCH3 is 1. The lowest BCUT2D eigenvalue weighted by Crippen LogP contribution is -2.24. The van der Waals surface area contributed by atoms with Gasteiger partial charge in [0.1, 0.15) is 5.75 Å². The Bertz CT molecular complexity index is 840. The Morgan fingerprint density at radius 3 is 2.96 bits per heavy atom. The van der Waals surface area contributed by atoms with Crippen LogP contribution in [0.25, 0.3) is 10.9 Å². The van der Waals surface area contributed by atoms with Gasteiger partial charge in [-0.25, -0.2) is 4.68 Å². The van der Waals surface area contributed by atoms with Crippen molar-refractivity contribution in [3.8, 4) is 5.75 Å². The molecule has 0 spiro atoms. The molecular weight excluding hydrogens is 314 g/mol. The summed E-state index contributed by atoms with van der Waals surface area (Å²) in [6.07, 6.45) is 2.29. The molecule has 0 aliphatic carbocycles. The van der Waals surface area contributed by atoms with Crippen molar-refractivity contribution in [3.05, 3.63) is 57.3 Å². The standard InChI is InChI=1S/C16H15N3O3S/c1-22-12-4-5-14-13(9-12)11(10-19(14)18-21)6-7-17-16(20)15-3-2-8-23-15/h2-5,8-10H,6-7H2,1H3,(H,17,20). The number of ether oxygens (including phenoxy) is 1. The third kappa shape index (κ3) is 3.09. The van der Waals surface area contributed by atoms with Crippen LogP contribution in [-0.2, 0) is 6.42 Å². The average molecular weight is 329 g/mol. The number of carbonyl (C=O) groups excluding carboxylic acids is 1. The summed E-state index contributed by atoms with van der Waals surface area (Å²) < 4.78 is 6.52. The Morgan fingerprint density at radius 1 is 1.39 bits per heavy atom. The average Bonchev–Trinajstić information content (AvgIpc) is 3.22. The van der Waals surface area contributed by atoms with E-state index in [4.69, 9.17) is 4.74 Å². The maximum absolute atomic E-state index is 11.9. The number of carbonyl (C=O) groups is 1. The van der Waals surface area contributed by atoms with Crippen LogP contribution in [-0.4, -0.2) is 24.2 Å². The summed E-state index contributed by atoms with van der Waals surface area (Å²) in [5.41, 5.74) is 1.66. The first-order valence-electron chi connectivity index (χ1n) is 7.06. The lowest BCUT2D eigenvalue weighted by molar-refractivity contribution is 0.0958. The highest BCUT2D eigenvalue weighted by Crippen LogP contribution is 2.26. The van der Waals surface area contributed by atoms with Crippen LogP contribution in [0.15, 0.2) is 47.2 Å². The van der Waals surface area contributed by atoms with Crippen molar-refractivity contribution in [3.63, 3.8) is 0 Å². The predicted octanol–water partition coefficient (Wildman–Crippen LogP) is 3.21. The number of hydrogen-bond donors (Lipinski definition) is 1. The van der Waals surface area contributed by atoms with Gasteiger partial charge < -0.3 is 10.1 Å². The first kappa shape index (κ1) is 15.2. The van der Waals surface area contributed by atoms with E-state index in [1.807, 2.05) is 17.5 Å². The molecule has 2 aromatic heterocycles. The van der Waals surface area contributed by atoms with Crippen molar-refractivity contribution in [2.75, 3.05) is 13.7 Å². The summed E-state index contributed by atoms with van der Waals surface area (Å²) in [6, 6.07) is 9.07. The molecule has 3 rings (SSSR count). The molecule has 3 aromatic rings. The summed E-state index contributed by atoms with van der Waals surface area (Å²) in [4.78, 5) is 23.5. The van der Waals surface area contributed by atoms with E-state index in [1.165, 1.54) is 16.0 Å². The van der Waals surface area contributed by atoms with Gasteiger partial charge in [0.05, 0.1) is 22.8 Å². The molecule has 1 aromatic carbocycles. The van der Waals surface area contributed by atoms with Gasteiger partial charge in [0.15, 0.2) is 0 Å². The van der Waals surface area contributed by atoms with Gasteiger partial charge in [-0.2, -0.15) is 0 Å². The van der Waals surface area contributed by atoms with Crippen molar-refractivity contribution in [1.82, 2.24) is 9.99 Å². The van der Waals surface area contributed by atoms with Gasteiger partial charge in [-0.05, 0) is 41.6 Å². The van der Waals surface area contributed by atoms with E-state index < -0.39 is 0 Å². The van der Waals surface area contributed by atoms with Crippen LogP contribution in [0.2, 0.25) is 0 Å². The van der Waals surface area contributed by atoms with Crippen molar-refractivity contribution >= 4 is 28.1 Å². The number of thiophene rings is 1. The van der Waals surface area contributed by atoms with Crippen LogP contribution in [0.1, 0.15) is 15.2 Å². The highest BCUT2D eigenvalue weighted by Gasteiger charge is 2.11. The largest absolute Gasteiger partial charge is 0.497 e. The maximum atomic E-state index is 11.9. The van der Waals surface area contributed by atoms with Gasteiger partial charge in [0.2, 0.25) is 0 Å². The molecule has 118 valence electrons. The predicted molar refractivity (Wildman–Crippen MR) is 90.0 cm³/mol. The zero-order valence-electron chi connectivity index (χ0n) is 12.5. The monoisotopic (exact) mass is 329 g/mol. The Balaban J connectivity index is 1.77. The Kier molecular flexibility index (Phi) is 4.38. The van der Waals surface area contributed by atoms with E-state index in [1.54, 1.807) is 31.5 Å². The molecule has 0 radical (unpaired) electrons. The Labute approximate surface area is 136 Å². The number of amides is 1. The number of fused-ring (bicyclic) bond motifs is 1. The number of hydrogen-bond acceptors (Lipinski definition) is 5. The maximum Gasteiger partial charge on any atom is 0.261 e. The van der Waals surface area contributed by atoms with E-state index in [2.05, 4.69) is 10.6 Å². The molecule has 0 unspecified atom stereocenters. The summed E-state index contributed by atoms with van der Waals surface area (Å²) in [5, 5.41) is 8.64. The number of aromatic nitrogens is 1. The second-order valence-corrected chi connectivity index (χ2v) is 5.89. The number of benzene rings is 1. The molecule has 0 fully saturated rings. The van der Waals surface area contributed by atoms with Crippen LogP contribution >= 0.6 is 11.3 Å². The fourth-order valence-electron chi connectivity index (χ4n) is 2.46. The lowest BCUT2D eigenvalue weighted by atomic mass is 10.1. The van der Waals surface area contributed by atoms with Gasteiger partial charge in [0.25, 0.3) is 5.91 Å². The van der Waals surface area contributed by atoms with Gasteiger partial charge in [-0.15, -0.1) is 16.2 Å². The molecule has 1 N–H and O–H groups in total. The van der Waals surface area contributed by atoms with Crippen LogP contribution in [0.3, 0.4) is 0 Å². The third-order valence-corrected chi connectivity index (χ3v) is 4.46. The van der Waals surface area contributed by atoms with Gasteiger partial charge in [-0.1, -0.05) is 6.07 Å². The first-order chi connectivity index (χ1) is 11.2. The quantitative estimate of drug-likeness (QED) is 0.706. The summed E-state index contributed by atoms with van der Waals surface area (Å²) in [6.45, 7) is 0.478. The Hall–Kier alpha value is -2.67. The molecule has 0 atom stereocenters. The molecular formula is C16H15N3O3S. The van der Waals surface area contributed by atoms with Crippen LogP contribution < -0.4 is 10.1 Å². The van der Waals surface area contributed by atoms with Crippen molar-refractivity contribution in [2.45, 2.75) is 6.42 Å². The van der Waals surface area contributed by atoms with Crippen molar-refractivity contribution in [2.24, 2.45) is 5.29 Å². The topological polar surface area (TPSA) is 72.7 Å². The molecule has 0 aliphatic rings. The van der Waals surface area contributed by atoms with E-state index in [0.717, 1.165) is 16.5 Å². The number of nitrogens with zero attached hydrogens (tertiary/aromatic N) is 2. The molecule has 7 heteroatoms. The van der Waals surface area contributed by atoms with E-state index in [0.29, 0.717) is 23.6 Å². The van der Waals surface area contributed by atoms with E-state index >= 15 is 0 Å². The molecule has 1 amide bonds. The zero-order chi connectivity index (χ0) is 16.2. The number of nitroso groups, excluding NO2 is 1. The van der Waals surface area contributed by atoms with Crippen LogP contribution in [0.5, 0.6) is 5.75 Å². The highest BCUT2D eigenvalue weighted by atomic mass is 32.1. The molecule has 6 nitrogen and oxygen atoms in total. The minimum absolute atomic E-state index is 0.0881. The second kappa shape index (κ2) is 6.62. The highest BCUT2D eigenvalue weighted by molar-refractivity contribution is 7.12. The number of nitrogens with one attached hydrogen (secondary N) is 1. The summed E-state index contributed by atoms with van der Waals surface area (Å²) in [7, 11) is 1.59. The molecule has 0 saturated carbocycles. The molecule has 0 saturated heterocycles. The summed E-state index contributed by atoms with van der Waals surface area (Å²) >= 11 is 1.40. The van der Waals surface area contributed by atoms with E-state index in [9.17, 15) is 9.70 Å². The Morgan fingerprint density at radius 2 is 2.26 bits per heavy atom. The molecule has 0 aliphatic heterocycles. The third-order valence-electron chi connectivity index (χ3n) is 3.59. The minimum atomic E-state index is -0.0881. The zero-order valence-corrected chi connectivity index (χ0v) is 13.3. The van der Waals surface area contributed by atoms with Gasteiger partial charge in [-0.3, -0.25) is 4.79 Å². The SMILES string of the molecule is COc1ccc2c(c1)c(CCNC(=O)c1cccs1)cn2N=O. The van der Waals surface area contributed by atoms with Crippen LogP contribution in [0, 0.1) is 4.91 Å². The molecule has 2 heterocycles. The van der Waals surface area contributed by atoms with E-state index in [-0.39, 0.29) is 5.91 Å². The minimum Gasteiger partial charge on any atom is -0.497 e. The second-order valence-electron chi connectivity index (χ2n) is 4.95. The summed E-state index contributed by atoms with van der Waals surface area (Å²) in [5.74, 6) is 0.625. The van der Waals surface area contributed by atoms with Crippen molar-refractivity contribution in [1.29, 1.82) is 0 Å². The lowest BCUT2D eigenvalue weighted by Gasteiger charge is -2.04. The fraction of sp³-hybridized carbons (Fsp3) is 0.188. The smallest absolute Gasteiger partial charge is 0.261 e. The fourth-order valence-corrected chi connectivity index (χ4v) is 3.10. The van der Waals surface area contributed by atoms with Crippen LogP contribution in [0.4, 0.5) is 0 Å². The normalized spacial score (nSPS) is 10.7.